The molecule has 1 fully saturated rings. The molecule has 0 unspecified atom stereocenters. The predicted molar refractivity (Wildman–Crippen MR) is 142 cm³/mol. The average molecular weight is 525 g/mol. The maximum atomic E-state index is 14.4. The summed E-state index contributed by atoms with van der Waals surface area (Å²) in [5.74, 6) is -2.56. The second-order valence-electron chi connectivity index (χ2n) is 9.17. The molecule has 194 valence electrons. The van der Waals surface area contributed by atoms with E-state index in [0.29, 0.717) is 17.1 Å². The number of carbonyl (C=O) groups excluding carboxylic acids is 3. The van der Waals surface area contributed by atoms with Gasteiger partial charge in [-0.15, -0.1) is 0 Å². The number of benzene rings is 2. The van der Waals surface area contributed by atoms with Crippen LogP contribution in [0.15, 0.2) is 48.5 Å². The first-order valence-corrected chi connectivity index (χ1v) is 12.7. The van der Waals surface area contributed by atoms with Crippen molar-refractivity contribution in [3.63, 3.8) is 0 Å². The first-order valence-electron chi connectivity index (χ1n) is 11.9. The lowest BCUT2D eigenvalue weighted by Crippen LogP contribution is -2.46. The molecule has 0 bridgehead atoms. The van der Waals surface area contributed by atoms with E-state index in [-0.39, 0.29) is 28.0 Å². The van der Waals surface area contributed by atoms with E-state index >= 15 is 0 Å². The van der Waals surface area contributed by atoms with Gasteiger partial charge in [0, 0.05) is 31.5 Å². The number of nitrogens with one attached hydrogen (secondary N) is 1. The van der Waals surface area contributed by atoms with E-state index in [1.54, 1.807) is 12.1 Å². The number of carbonyl (C=O) groups is 3. The molecule has 0 saturated heterocycles. The quantitative estimate of drug-likeness (QED) is 0.413. The molecular formula is C26H29FN6O3S. The van der Waals surface area contributed by atoms with Crippen molar-refractivity contribution >= 4 is 46.3 Å². The SMILES string of the molecule is CN(C)c1ccc([C@@H](C(=O)NC2CCCC2)N(C(=O)c2snc(C(N)=O)c2N)c2cccc(F)c2)cc1. The van der Waals surface area contributed by atoms with Crippen molar-refractivity contribution in [1.29, 1.82) is 0 Å². The first kappa shape index (κ1) is 26.1. The van der Waals surface area contributed by atoms with E-state index in [1.165, 1.54) is 29.2 Å². The van der Waals surface area contributed by atoms with E-state index in [2.05, 4.69) is 9.69 Å². The molecular weight excluding hydrogens is 495 g/mol. The van der Waals surface area contributed by atoms with Crippen molar-refractivity contribution < 1.29 is 18.8 Å². The van der Waals surface area contributed by atoms with Crippen LogP contribution in [-0.4, -0.2) is 42.2 Å². The number of hydrogen-bond acceptors (Lipinski definition) is 7. The highest BCUT2D eigenvalue weighted by atomic mass is 32.1. The first-order chi connectivity index (χ1) is 17.7. The molecule has 1 saturated carbocycles. The summed E-state index contributed by atoms with van der Waals surface area (Å²) >= 11 is 0.704. The molecule has 3 aromatic rings. The van der Waals surface area contributed by atoms with Crippen molar-refractivity contribution in [3.05, 3.63) is 70.5 Å². The standard InChI is InChI=1S/C26H29FN6O3S/c1-32(2)18-12-10-15(11-13-18)22(25(35)30-17-7-3-4-8-17)33(19-9-5-6-16(27)14-19)26(36)23-20(28)21(24(29)34)31-37-23/h5-6,9-14,17,22H,3-4,7-8,28H2,1-2H3,(H2,29,34)(H,30,35)/t22-/m0/s1. The van der Waals surface area contributed by atoms with E-state index in [9.17, 15) is 18.8 Å². The smallest absolute Gasteiger partial charge is 0.273 e. The Balaban J connectivity index is 1.86. The van der Waals surface area contributed by atoms with E-state index in [0.717, 1.165) is 31.4 Å². The van der Waals surface area contributed by atoms with Gasteiger partial charge in [0.25, 0.3) is 11.8 Å². The van der Waals surface area contributed by atoms with E-state index in [4.69, 9.17) is 11.5 Å². The number of nitrogens with zero attached hydrogens (tertiary/aromatic N) is 3. The molecule has 2 aromatic carbocycles. The topological polar surface area (TPSA) is 135 Å². The van der Waals surface area contributed by atoms with Crippen molar-refractivity contribution in [2.24, 2.45) is 5.73 Å². The third kappa shape index (κ3) is 5.56. The van der Waals surface area contributed by atoms with Gasteiger partial charge < -0.3 is 21.7 Å². The molecule has 5 N–H and O–H groups in total. The van der Waals surface area contributed by atoms with Crippen LogP contribution in [0, 0.1) is 5.82 Å². The fraction of sp³-hybridized carbons (Fsp3) is 0.308. The minimum absolute atomic E-state index is 0.0181. The summed E-state index contributed by atoms with van der Waals surface area (Å²) in [5.41, 5.74) is 12.6. The summed E-state index contributed by atoms with van der Waals surface area (Å²) in [6, 6.07) is 11.5. The predicted octanol–water partition coefficient (Wildman–Crippen LogP) is 3.48. The van der Waals surface area contributed by atoms with Crippen LogP contribution in [0.25, 0.3) is 0 Å². The average Bonchev–Trinajstić information content (AvgIpc) is 3.51. The Kier molecular flexibility index (Phi) is 7.72. The van der Waals surface area contributed by atoms with Crippen LogP contribution in [0.1, 0.15) is 57.4 Å². The molecule has 1 aliphatic carbocycles. The fourth-order valence-electron chi connectivity index (χ4n) is 4.47. The Bertz CT molecular complexity index is 1300. The van der Waals surface area contributed by atoms with Gasteiger partial charge in [0.1, 0.15) is 16.7 Å². The molecule has 1 atom stereocenters. The molecule has 1 aromatic heterocycles. The molecule has 37 heavy (non-hydrogen) atoms. The van der Waals surface area contributed by atoms with Gasteiger partial charge in [-0.25, -0.2) is 4.39 Å². The number of nitrogen functional groups attached to an aromatic ring is 1. The van der Waals surface area contributed by atoms with Gasteiger partial charge in [0.2, 0.25) is 5.91 Å². The molecule has 3 amide bonds. The van der Waals surface area contributed by atoms with Crippen molar-refractivity contribution in [1.82, 2.24) is 9.69 Å². The third-order valence-corrected chi connectivity index (χ3v) is 7.25. The zero-order valence-corrected chi connectivity index (χ0v) is 21.4. The van der Waals surface area contributed by atoms with Gasteiger partial charge in [-0.2, -0.15) is 4.37 Å². The van der Waals surface area contributed by atoms with Crippen molar-refractivity contribution in [2.75, 3.05) is 29.6 Å². The Hall–Kier alpha value is -3.99. The Morgan fingerprint density at radius 2 is 1.76 bits per heavy atom. The van der Waals surface area contributed by atoms with Gasteiger partial charge in [0.05, 0.1) is 5.69 Å². The van der Waals surface area contributed by atoms with Gasteiger partial charge in [-0.1, -0.05) is 31.0 Å². The number of halogens is 1. The van der Waals surface area contributed by atoms with Crippen LogP contribution in [0.5, 0.6) is 0 Å². The number of primary amides is 1. The number of amides is 3. The lowest BCUT2D eigenvalue weighted by molar-refractivity contribution is -0.123. The Morgan fingerprint density at radius 3 is 2.32 bits per heavy atom. The number of hydrogen-bond donors (Lipinski definition) is 3. The van der Waals surface area contributed by atoms with Crippen molar-refractivity contribution in [2.45, 2.75) is 37.8 Å². The summed E-state index contributed by atoms with van der Waals surface area (Å²) < 4.78 is 18.3. The van der Waals surface area contributed by atoms with Crippen LogP contribution in [0.4, 0.5) is 21.5 Å². The Morgan fingerprint density at radius 1 is 1.08 bits per heavy atom. The summed E-state index contributed by atoms with van der Waals surface area (Å²) in [4.78, 5) is 42.6. The minimum atomic E-state index is -1.15. The summed E-state index contributed by atoms with van der Waals surface area (Å²) in [6.45, 7) is 0. The van der Waals surface area contributed by atoms with Crippen LogP contribution >= 0.6 is 11.5 Å². The fourth-order valence-corrected chi connectivity index (χ4v) is 5.21. The highest BCUT2D eigenvalue weighted by Crippen LogP contribution is 2.34. The summed E-state index contributed by atoms with van der Waals surface area (Å²) in [5, 5.41) is 3.07. The molecule has 0 radical (unpaired) electrons. The summed E-state index contributed by atoms with van der Waals surface area (Å²) in [7, 11) is 3.79. The maximum absolute atomic E-state index is 14.4. The van der Waals surface area contributed by atoms with Crippen molar-refractivity contribution in [3.8, 4) is 0 Å². The van der Waals surface area contributed by atoms with E-state index < -0.39 is 29.6 Å². The van der Waals surface area contributed by atoms with Gasteiger partial charge >= 0.3 is 0 Å². The lowest BCUT2D eigenvalue weighted by atomic mass is 10.0. The maximum Gasteiger partial charge on any atom is 0.273 e. The normalized spacial score (nSPS) is 14.2. The van der Waals surface area contributed by atoms with Gasteiger partial charge in [-0.3, -0.25) is 19.3 Å². The Labute approximate surface area is 218 Å². The molecule has 0 spiro atoms. The van der Waals surface area contributed by atoms with E-state index in [1.807, 2.05) is 31.1 Å². The number of aromatic nitrogens is 1. The molecule has 4 rings (SSSR count). The highest BCUT2D eigenvalue weighted by molar-refractivity contribution is 7.09. The molecule has 1 aliphatic rings. The zero-order valence-electron chi connectivity index (χ0n) is 20.6. The second kappa shape index (κ2) is 11.0. The monoisotopic (exact) mass is 524 g/mol. The molecule has 11 heteroatoms. The van der Waals surface area contributed by atoms with Crippen LogP contribution in [0.3, 0.4) is 0 Å². The van der Waals surface area contributed by atoms with Crippen LogP contribution in [-0.2, 0) is 4.79 Å². The number of anilines is 3. The summed E-state index contributed by atoms with van der Waals surface area (Å²) in [6.07, 6.45) is 3.70. The zero-order chi connectivity index (χ0) is 26.7. The van der Waals surface area contributed by atoms with Gasteiger partial charge in [0.15, 0.2) is 5.69 Å². The van der Waals surface area contributed by atoms with Gasteiger partial charge in [-0.05, 0) is 60.3 Å². The number of rotatable bonds is 8. The molecule has 0 aliphatic heterocycles. The molecule has 1 heterocycles. The van der Waals surface area contributed by atoms with Crippen LogP contribution in [0.2, 0.25) is 0 Å². The lowest BCUT2D eigenvalue weighted by Gasteiger charge is -2.32. The third-order valence-electron chi connectivity index (χ3n) is 6.39. The number of nitrogens with two attached hydrogens (primary N) is 2. The highest BCUT2D eigenvalue weighted by Gasteiger charge is 2.37. The minimum Gasteiger partial charge on any atom is -0.395 e. The second-order valence-corrected chi connectivity index (χ2v) is 9.95. The molecule has 9 nitrogen and oxygen atoms in total. The largest absolute Gasteiger partial charge is 0.395 e. The van der Waals surface area contributed by atoms with Crippen LogP contribution < -0.4 is 26.6 Å².